The Morgan fingerprint density at radius 2 is 2.05 bits per heavy atom. The number of amides is 1. The van der Waals surface area contributed by atoms with Crippen LogP contribution >= 0.6 is 0 Å². The highest BCUT2D eigenvalue weighted by Gasteiger charge is 2.13. The Morgan fingerprint density at radius 1 is 1.29 bits per heavy atom. The van der Waals surface area contributed by atoms with Gasteiger partial charge in [-0.1, -0.05) is 12.1 Å². The number of carbonyl (C=O) groups excluding carboxylic acids is 1. The fraction of sp³-hybridized carbons (Fsp3) is 0.267. The van der Waals surface area contributed by atoms with Crippen LogP contribution in [0.15, 0.2) is 30.3 Å². The first-order valence-corrected chi connectivity index (χ1v) is 6.68. The minimum atomic E-state index is -0.265. The van der Waals surface area contributed by atoms with E-state index in [0.717, 1.165) is 17.9 Å². The summed E-state index contributed by atoms with van der Waals surface area (Å²) in [6, 6.07) is 8.99. The molecule has 0 aliphatic heterocycles. The summed E-state index contributed by atoms with van der Waals surface area (Å²) in [5, 5.41) is 5.84. The van der Waals surface area contributed by atoms with Crippen molar-refractivity contribution in [2.75, 3.05) is 24.3 Å². The maximum Gasteiger partial charge on any atom is 0.260 e. The van der Waals surface area contributed by atoms with Gasteiger partial charge in [0.05, 0.1) is 12.7 Å². The van der Waals surface area contributed by atoms with Crippen molar-refractivity contribution in [3.63, 3.8) is 0 Å². The fourth-order valence-electron chi connectivity index (χ4n) is 1.89. The van der Waals surface area contributed by atoms with Gasteiger partial charge in [-0.05, 0) is 26.0 Å². The van der Waals surface area contributed by atoms with Crippen LogP contribution in [0.1, 0.15) is 23.0 Å². The van der Waals surface area contributed by atoms with Crippen LogP contribution < -0.4 is 15.4 Å². The summed E-state index contributed by atoms with van der Waals surface area (Å²) in [6.45, 7) is 4.52. The molecule has 0 saturated carbocycles. The Hall–Kier alpha value is -2.63. The van der Waals surface area contributed by atoms with E-state index in [1.54, 1.807) is 12.1 Å². The fourth-order valence-corrected chi connectivity index (χ4v) is 1.89. The molecule has 0 atom stereocenters. The van der Waals surface area contributed by atoms with Crippen LogP contribution in [-0.4, -0.2) is 29.5 Å². The number of nitrogens with one attached hydrogen (secondary N) is 2. The third-order valence-electron chi connectivity index (χ3n) is 2.80. The van der Waals surface area contributed by atoms with E-state index in [-0.39, 0.29) is 11.9 Å². The first kappa shape index (κ1) is 14.8. The van der Waals surface area contributed by atoms with Crippen molar-refractivity contribution < 1.29 is 9.53 Å². The summed E-state index contributed by atoms with van der Waals surface area (Å²) in [4.78, 5) is 20.6. The number of aryl methyl sites for hydroxylation is 1. The molecule has 6 heteroatoms. The Kier molecular flexibility index (Phi) is 4.71. The molecule has 6 nitrogen and oxygen atoms in total. The highest BCUT2D eigenvalue weighted by Crippen LogP contribution is 2.17. The van der Waals surface area contributed by atoms with Gasteiger partial charge in [0.25, 0.3) is 5.91 Å². The third kappa shape index (κ3) is 3.68. The van der Waals surface area contributed by atoms with Crippen molar-refractivity contribution in [2.24, 2.45) is 0 Å². The van der Waals surface area contributed by atoms with Gasteiger partial charge >= 0.3 is 0 Å². The van der Waals surface area contributed by atoms with Crippen LogP contribution in [0, 0.1) is 6.92 Å². The number of ether oxygens (including phenoxy) is 1. The zero-order chi connectivity index (χ0) is 15.2. The van der Waals surface area contributed by atoms with Crippen LogP contribution in [0.5, 0.6) is 5.88 Å². The lowest BCUT2D eigenvalue weighted by Crippen LogP contribution is -2.17. The van der Waals surface area contributed by atoms with Crippen molar-refractivity contribution in [3.8, 4) is 5.88 Å². The largest absolute Gasteiger partial charge is 0.481 e. The number of methoxy groups -OCH3 is 1. The second-order valence-electron chi connectivity index (χ2n) is 4.41. The Morgan fingerprint density at radius 3 is 2.76 bits per heavy atom. The minimum absolute atomic E-state index is 0.225. The van der Waals surface area contributed by atoms with Crippen LogP contribution in [0.4, 0.5) is 11.6 Å². The average Bonchev–Trinajstić information content (AvgIpc) is 2.47. The van der Waals surface area contributed by atoms with Crippen LogP contribution in [0.2, 0.25) is 0 Å². The van der Waals surface area contributed by atoms with E-state index in [1.807, 2.05) is 32.0 Å². The first-order valence-electron chi connectivity index (χ1n) is 6.68. The summed E-state index contributed by atoms with van der Waals surface area (Å²) in [5.41, 5.74) is 2.04. The minimum Gasteiger partial charge on any atom is -0.481 e. The summed E-state index contributed by atoms with van der Waals surface area (Å²) in [6.07, 6.45) is 0. The molecule has 0 bridgehead atoms. The van der Waals surface area contributed by atoms with Gasteiger partial charge < -0.3 is 10.1 Å². The molecule has 0 saturated heterocycles. The van der Waals surface area contributed by atoms with E-state index in [4.69, 9.17) is 4.74 Å². The zero-order valence-electron chi connectivity index (χ0n) is 12.3. The standard InChI is InChI=1S/C15H18N4O2/c1-4-16-12-8-6-5-7-11(12)14(20)19-15-17-10(2)9-13(18-15)21-3/h5-9,16H,4H2,1-3H3,(H,17,18,19,20). The number of rotatable bonds is 5. The van der Waals surface area contributed by atoms with Crippen LogP contribution in [0.3, 0.4) is 0 Å². The number of para-hydroxylation sites is 1. The number of hydrogen-bond donors (Lipinski definition) is 2. The number of nitrogens with zero attached hydrogens (tertiary/aromatic N) is 2. The van der Waals surface area contributed by atoms with Gasteiger partial charge in [0.1, 0.15) is 0 Å². The molecule has 21 heavy (non-hydrogen) atoms. The molecule has 1 aromatic heterocycles. The molecule has 0 spiro atoms. The van der Waals surface area contributed by atoms with E-state index < -0.39 is 0 Å². The maximum atomic E-state index is 12.3. The SMILES string of the molecule is CCNc1ccccc1C(=O)Nc1nc(C)cc(OC)n1. The normalized spacial score (nSPS) is 10.0. The summed E-state index contributed by atoms with van der Waals surface area (Å²) in [5.74, 6) is 0.375. The number of anilines is 2. The molecule has 2 N–H and O–H groups in total. The third-order valence-corrected chi connectivity index (χ3v) is 2.80. The van der Waals surface area contributed by atoms with Gasteiger partial charge in [-0.15, -0.1) is 0 Å². The van der Waals surface area contributed by atoms with E-state index in [9.17, 15) is 4.79 Å². The van der Waals surface area contributed by atoms with E-state index in [2.05, 4.69) is 20.6 Å². The monoisotopic (exact) mass is 286 g/mol. The van der Waals surface area contributed by atoms with E-state index >= 15 is 0 Å². The molecule has 0 fully saturated rings. The molecule has 0 aliphatic carbocycles. The lowest BCUT2D eigenvalue weighted by atomic mass is 10.1. The topological polar surface area (TPSA) is 76.1 Å². The highest BCUT2D eigenvalue weighted by atomic mass is 16.5. The van der Waals surface area contributed by atoms with Crippen molar-refractivity contribution >= 4 is 17.5 Å². The molecule has 2 aromatic rings. The lowest BCUT2D eigenvalue weighted by Gasteiger charge is -2.11. The lowest BCUT2D eigenvalue weighted by molar-refractivity contribution is 0.102. The van der Waals surface area contributed by atoms with Gasteiger partial charge in [-0.25, -0.2) is 4.98 Å². The number of benzene rings is 1. The molecule has 1 aromatic carbocycles. The quantitative estimate of drug-likeness (QED) is 0.883. The summed E-state index contributed by atoms with van der Waals surface area (Å²) < 4.78 is 5.07. The molecular formula is C15H18N4O2. The number of aromatic nitrogens is 2. The van der Waals surface area contributed by atoms with Gasteiger partial charge in [0.15, 0.2) is 0 Å². The second-order valence-corrected chi connectivity index (χ2v) is 4.41. The number of hydrogen-bond acceptors (Lipinski definition) is 5. The molecule has 2 rings (SSSR count). The molecule has 1 amide bonds. The van der Waals surface area contributed by atoms with Crippen molar-refractivity contribution in [3.05, 3.63) is 41.6 Å². The predicted octanol–water partition coefficient (Wildman–Crippen LogP) is 2.48. The number of carbonyl (C=O) groups is 1. The Labute approximate surface area is 123 Å². The van der Waals surface area contributed by atoms with Gasteiger partial charge in [-0.3, -0.25) is 10.1 Å². The molecule has 0 aliphatic rings. The molecule has 0 radical (unpaired) electrons. The summed E-state index contributed by atoms with van der Waals surface area (Å²) in [7, 11) is 1.52. The average molecular weight is 286 g/mol. The first-order chi connectivity index (χ1) is 10.1. The van der Waals surface area contributed by atoms with Crippen molar-refractivity contribution in [1.82, 2.24) is 9.97 Å². The Bertz CT molecular complexity index is 643. The van der Waals surface area contributed by atoms with E-state index in [1.165, 1.54) is 7.11 Å². The van der Waals surface area contributed by atoms with Gasteiger partial charge in [0, 0.05) is 24.0 Å². The molecule has 110 valence electrons. The molecule has 0 unspecified atom stereocenters. The smallest absolute Gasteiger partial charge is 0.260 e. The second kappa shape index (κ2) is 6.69. The zero-order valence-corrected chi connectivity index (χ0v) is 12.3. The van der Waals surface area contributed by atoms with Gasteiger partial charge in [0.2, 0.25) is 11.8 Å². The predicted molar refractivity (Wildman–Crippen MR) is 81.9 cm³/mol. The van der Waals surface area contributed by atoms with Crippen LogP contribution in [-0.2, 0) is 0 Å². The van der Waals surface area contributed by atoms with Crippen LogP contribution in [0.25, 0.3) is 0 Å². The van der Waals surface area contributed by atoms with Gasteiger partial charge in [-0.2, -0.15) is 4.98 Å². The molecule has 1 heterocycles. The Balaban J connectivity index is 2.24. The van der Waals surface area contributed by atoms with Crippen molar-refractivity contribution in [1.29, 1.82) is 0 Å². The molecular weight excluding hydrogens is 268 g/mol. The van der Waals surface area contributed by atoms with Crippen molar-refractivity contribution in [2.45, 2.75) is 13.8 Å². The van der Waals surface area contributed by atoms with E-state index in [0.29, 0.717) is 11.4 Å². The maximum absolute atomic E-state index is 12.3. The highest BCUT2D eigenvalue weighted by molar-refractivity contribution is 6.07. The summed E-state index contributed by atoms with van der Waals surface area (Å²) >= 11 is 0.